The van der Waals surface area contributed by atoms with Crippen molar-refractivity contribution < 1.29 is 0 Å². The molecule has 4 rings (SSSR count). The van der Waals surface area contributed by atoms with Gasteiger partial charge in [-0.3, -0.25) is 0 Å². The minimum atomic E-state index is 0.386. The van der Waals surface area contributed by atoms with Gasteiger partial charge in [0.05, 0.1) is 5.69 Å². The normalized spacial score (nSPS) is 12.0. The Hall–Kier alpha value is -3.06. The van der Waals surface area contributed by atoms with E-state index >= 15 is 0 Å². The van der Waals surface area contributed by atoms with E-state index in [2.05, 4.69) is 115 Å². The van der Waals surface area contributed by atoms with Crippen LogP contribution in [0.2, 0.25) is 0 Å². The summed E-state index contributed by atoms with van der Waals surface area (Å²) in [7, 11) is 0. The third-order valence-electron chi connectivity index (χ3n) is 4.98. The minimum absolute atomic E-state index is 0.386. The smallest absolute Gasteiger partial charge is 0.0566 e. The minimum Gasteiger partial charge on any atom is -0.316 e. The second-order valence-electron chi connectivity index (χ2n) is 6.56. The Kier molecular flexibility index (Phi) is 4.70. The molecule has 1 nitrogen and oxygen atoms in total. The molecule has 1 heteroatoms. The molecule has 0 aliphatic heterocycles. The lowest BCUT2D eigenvalue weighted by Gasteiger charge is -2.19. The lowest BCUT2D eigenvalue weighted by Crippen LogP contribution is -2.03. The van der Waals surface area contributed by atoms with Gasteiger partial charge in [-0.1, -0.05) is 85.8 Å². The van der Waals surface area contributed by atoms with Crippen molar-refractivity contribution in [2.24, 2.45) is 0 Å². The summed E-state index contributed by atoms with van der Waals surface area (Å²) in [6, 6.07) is 34.4. The standard InChI is InChI=1S/C25H23N/c1-2-23(20-12-6-3-7-13-20)24-18-19-26(22-16-10-5-11-17-22)25(24)21-14-8-4-9-15-21/h3-19,23H,2H2,1H3. The number of aromatic nitrogens is 1. The van der Waals surface area contributed by atoms with E-state index in [0.29, 0.717) is 5.92 Å². The van der Waals surface area contributed by atoms with Gasteiger partial charge in [0.2, 0.25) is 0 Å². The largest absolute Gasteiger partial charge is 0.316 e. The number of benzene rings is 3. The number of para-hydroxylation sites is 1. The van der Waals surface area contributed by atoms with Crippen molar-refractivity contribution in [1.82, 2.24) is 4.57 Å². The van der Waals surface area contributed by atoms with Crippen LogP contribution in [0.25, 0.3) is 16.9 Å². The predicted molar refractivity (Wildman–Crippen MR) is 110 cm³/mol. The van der Waals surface area contributed by atoms with Gasteiger partial charge in [-0.05, 0) is 41.3 Å². The van der Waals surface area contributed by atoms with E-state index < -0.39 is 0 Å². The van der Waals surface area contributed by atoms with Crippen LogP contribution in [0.4, 0.5) is 0 Å². The summed E-state index contributed by atoms with van der Waals surface area (Å²) in [5.74, 6) is 0.386. The highest BCUT2D eigenvalue weighted by atomic mass is 15.0. The van der Waals surface area contributed by atoms with Gasteiger partial charge in [0, 0.05) is 17.8 Å². The molecule has 0 radical (unpaired) electrons. The van der Waals surface area contributed by atoms with Crippen molar-refractivity contribution in [3.8, 4) is 16.9 Å². The molecule has 0 spiro atoms. The van der Waals surface area contributed by atoms with E-state index in [9.17, 15) is 0 Å². The Morgan fingerprint density at radius 2 is 1.27 bits per heavy atom. The van der Waals surface area contributed by atoms with Gasteiger partial charge >= 0.3 is 0 Å². The van der Waals surface area contributed by atoms with Gasteiger partial charge < -0.3 is 4.57 Å². The second-order valence-corrected chi connectivity index (χ2v) is 6.56. The van der Waals surface area contributed by atoms with Crippen LogP contribution in [0.5, 0.6) is 0 Å². The van der Waals surface area contributed by atoms with Crippen molar-refractivity contribution in [2.75, 3.05) is 0 Å². The zero-order chi connectivity index (χ0) is 17.8. The highest BCUT2D eigenvalue weighted by Gasteiger charge is 2.20. The monoisotopic (exact) mass is 337 g/mol. The number of rotatable bonds is 5. The van der Waals surface area contributed by atoms with Crippen LogP contribution in [0.3, 0.4) is 0 Å². The van der Waals surface area contributed by atoms with E-state index in [-0.39, 0.29) is 0 Å². The summed E-state index contributed by atoms with van der Waals surface area (Å²) >= 11 is 0. The number of hydrogen-bond donors (Lipinski definition) is 0. The van der Waals surface area contributed by atoms with Crippen molar-refractivity contribution in [3.05, 3.63) is 114 Å². The molecule has 1 atom stereocenters. The van der Waals surface area contributed by atoms with Gasteiger partial charge in [0.1, 0.15) is 0 Å². The zero-order valence-electron chi connectivity index (χ0n) is 15.0. The van der Waals surface area contributed by atoms with Crippen LogP contribution in [-0.4, -0.2) is 4.57 Å². The molecule has 0 saturated heterocycles. The SMILES string of the molecule is CCC(c1ccccc1)c1ccn(-c2ccccc2)c1-c1ccccc1. The maximum absolute atomic E-state index is 2.32. The first kappa shape index (κ1) is 16.4. The molecule has 1 heterocycles. The lowest BCUT2D eigenvalue weighted by atomic mass is 9.87. The highest BCUT2D eigenvalue weighted by molar-refractivity contribution is 5.68. The van der Waals surface area contributed by atoms with Crippen LogP contribution >= 0.6 is 0 Å². The number of hydrogen-bond acceptors (Lipinski definition) is 0. The van der Waals surface area contributed by atoms with Gasteiger partial charge in [0.15, 0.2) is 0 Å². The maximum Gasteiger partial charge on any atom is 0.0566 e. The quantitative estimate of drug-likeness (QED) is 0.382. The molecule has 3 aromatic carbocycles. The molecule has 0 N–H and O–H groups in total. The lowest BCUT2D eigenvalue weighted by molar-refractivity contribution is 0.778. The van der Waals surface area contributed by atoms with Crippen LogP contribution in [0.1, 0.15) is 30.4 Å². The summed E-state index contributed by atoms with van der Waals surface area (Å²) in [6.07, 6.45) is 3.28. The Bertz CT molecular complexity index is 953. The van der Waals surface area contributed by atoms with Crippen LogP contribution in [0, 0.1) is 0 Å². The summed E-state index contributed by atoms with van der Waals surface area (Å²) in [5.41, 5.74) is 6.49. The average molecular weight is 337 g/mol. The third-order valence-corrected chi connectivity index (χ3v) is 4.98. The van der Waals surface area contributed by atoms with Crippen molar-refractivity contribution in [1.29, 1.82) is 0 Å². The molecule has 0 saturated carbocycles. The van der Waals surface area contributed by atoms with Gasteiger partial charge in [-0.15, -0.1) is 0 Å². The summed E-state index contributed by atoms with van der Waals surface area (Å²) in [5, 5.41) is 0. The first-order chi connectivity index (χ1) is 12.9. The molecule has 0 aliphatic rings. The first-order valence-corrected chi connectivity index (χ1v) is 9.25. The molecule has 26 heavy (non-hydrogen) atoms. The molecule has 0 amide bonds. The molecule has 0 fully saturated rings. The average Bonchev–Trinajstić information content (AvgIpc) is 3.15. The van der Waals surface area contributed by atoms with E-state index in [4.69, 9.17) is 0 Å². The predicted octanol–water partition coefficient (Wildman–Crippen LogP) is 6.69. The van der Waals surface area contributed by atoms with Crippen molar-refractivity contribution in [2.45, 2.75) is 19.3 Å². The zero-order valence-corrected chi connectivity index (χ0v) is 15.0. The molecule has 1 unspecified atom stereocenters. The number of nitrogens with zero attached hydrogens (tertiary/aromatic N) is 1. The van der Waals surface area contributed by atoms with E-state index in [1.54, 1.807) is 0 Å². The Labute approximate surface area is 155 Å². The van der Waals surface area contributed by atoms with E-state index in [0.717, 1.165) is 6.42 Å². The molecule has 4 aromatic rings. The Morgan fingerprint density at radius 3 is 1.88 bits per heavy atom. The first-order valence-electron chi connectivity index (χ1n) is 9.25. The van der Waals surface area contributed by atoms with E-state index in [1.165, 1.54) is 28.1 Å². The molecule has 0 bridgehead atoms. The van der Waals surface area contributed by atoms with Crippen molar-refractivity contribution >= 4 is 0 Å². The second kappa shape index (κ2) is 7.45. The summed E-state index contributed by atoms with van der Waals surface area (Å²) in [6.45, 7) is 2.27. The highest BCUT2D eigenvalue weighted by Crippen LogP contribution is 2.37. The molecule has 0 aliphatic carbocycles. The fraction of sp³-hybridized carbons (Fsp3) is 0.120. The molecular formula is C25H23N. The molecular weight excluding hydrogens is 314 g/mol. The topological polar surface area (TPSA) is 4.93 Å². The fourth-order valence-electron chi connectivity index (χ4n) is 3.75. The van der Waals surface area contributed by atoms with Crippen LogP contribution in [-0.2, 0) is 0 Å². The Morgan fingerprint density at radius 1 is 0.692 bits per heavy atom. The Balaban J connectivity index is 1.92. The van der Waals surface area contributed by atoms with Crippen LogP contribution in [0.15, 0.2) is 103 Å². The maximum atomic E-state index is 2.32. The summed E-state index contributed by atoms with van der Waals surface area (Å²) < 4.78 is 2.32. The third kappa shape index (κ3) is 3.09. The van der Waals surface area contributed by atoms with Gasteiger partial charge in [-0.2, -0.15) is 0 Å². The van der Waals surface area contributed by atoms with Crippen LogP contribution < -0.4 is 0 Å². The van der Waals surface area contributed by atoms with Gasteiger partial charge in [0.25, 0.3) is 0 Å². The summed E-state index contributed by atoms with van der Waals surface area (Å²) in [4.78, 5) is 0. The van der Waals surface area contributed by atoms with Gasteiger partial charge in [-0.25, -0.2) is 0 Å². The van der Waals surface area contributed by atoms with Crippen molar-refractivity contribution in [3.63, 3.8) is 0 Å². The molecule has 1 aromatic heterocycles. The molecule has 128 valence electrons. The van der Waals surface area contributed by atoms with E-state index in [1.807, 2.05) is 0 Å². The fourth-order valence-corrected chi connectivity index (χ4v) is 3.75.